The van der Waals surface area contributed by atoms with Crippen LogP contribution in [0.15, 0.2) is 72.8 Å². The average Bonchev–Trinajstić information content (AvgIpc) is 3.36. The first-order valence-corrected chi connectivity index (χ1v) is 18.2. The number of aryl methyl sites for hydroxylation is 1. The molecule has 10 heteroatoms. The first-order chi connectivity index (χ1) is 21.5. The van der Waals surface area contributed by atoms with E-state index in [1.807, 2.05) is 12.1 Å². The molecular formula is C35H34F2N2O5Si. The normalized spacial score (nSPS) is 11.5. The molecule has 45 heavy (non-hydrogen) atoms. The molecule has 0 fully saturated rings. The van der Waals surface area contributed by atoms with Crippen LogP contribution in [0.3, 0.4) is 0 Å². The highest BCUT2D eigenvalue weighted by Crippen LogP contribution is 2.36. The molecule has 7 nitrogen and oxygen atoms in total. The van der Waals surface area contributed by atoms with Gasteiger partial charge in [0, 0.05) is 26.3 Å². The van der Waals surface area contributed by atoms with Gasteiger partial charge in [0.1, 0.15) is 30.1 Å². The van der Waals surface area contributed by atoms with Gasteiger partial charge < -0.3 is 14.2 Å². The molecule has 0 aliphatic carbocycles. The fraction of sp³-hybridized carbons (Fsp3) is 0.229. The van der Waals surface area contributed by atoms with Gasteiger partial charge in [-0.25, -0.2) is 13.6 Å². The number of halogens is 2. The number of aromatic nitrogens is 2. The van der Waals surface area contributed by atoms with Crippen molar-refractivity contribution in [3.63, 3.8) is 0 Å². The molecule has 5 rings (SSSR count). The van der Waals surface area contributed by atoms with Gasteiger partial charge in [-0.2, -0.15) is 4.98 Å². The van der Waals surface area contributed by atoms with Gasteiger partial charge in [0.25, 0.3) is 0 Å². The second-order valence-electron chi connectivity index (χ2n) is 12.0. The van der Waals surface area contributed by atoms with Crippen LogP contribution < -0.4 is 4.74 Å². The Labute approximate surface area is 261 Å². The fourth-order valence-electron chi connectivity index (χ4n) is 4.85. The van der Waals surface area contributed by atoms with Gasteiger partial charge in [0.05, 0.1) is 23.8 Å². The fourth-order valence-corrected chi connectivity index (χ4v) is 5.61. The molecule has 0 radical (unpaired) electrons. The summed E-state index contributed by atoms with van der Waals surface area (Å²) in [5.74, 6) is -1.85. The number of ether oxygens (including phenoxy) is 3. The molecule has 0 unspecified atom stereocenters. The highest BCUT2D eigenvalue weighted by molar-refractivity contribution is 6.76. The number of nitrogens with zero attached hydrogens (tertiary/aromatic N) is 2. The Morgan fingerprint density at radius 3 is 2.20 bits per heavy atom. The van der Waals surface area contributed by atoms with Crippen molar-refractivity contribution in [2.24, 2.45) is 0 Å². The van der Waals surface area contributed by atoms with Crippen molar-refractivity contribution in [3.05, 3.63) is 101 Å². The minimum atomic E-state index is -1.39. The lowest BCUT2D eigenvalue weighted by Crippen LogP contribution is -2.22. The van der Waals surface area contributed by atoms with Crippen molar-refractivity contribution in [2.45, 2.75) is 39.3 Å². The number of esters is 1. The molecule has 4 aromatic carbocycles. The quantitative estimate of drug-likeness (QED) is 0.0630. The molecule has 0 saturated carbocycles. The van der Waals surface area contributed by atoms with E-state index in [2.05, 4.69) is 24.6 Å². The SMILES string of the molecule is COC(=O)c1cc(Oc2nc3c(F)c(-c4ccc(-c5ccc(C=O)cc5)cc4)c(F)cc3n2COCC[Si](C)(C)C)ccc1C. The van der Waals surface area contributed by atoms with Crippen LogP contribution in [-0.2, 0) is 16.2 Å². The number of carbonyl (C=O) groups excluding carboxylic acids is 2. The third kappa shape index (κ3) is 7.02. The number of carbonyl (C=O) groups is 2. The first-order valence-electron chi connectivity index (χ1n) is 14.5. The molecule has 0 spiro atoms. The molecule has 5 aromatic rings. The van der Waals surface area contributed by atoms with Crippen LogP contribution in [0.1, 0.15) is 26.3 Å². The second kappa shape index (κ2) is 13.1. The third-order valence-electron chi connectivity index (χ3n) is 7.50. The largest absolute Gasteiger partial charge is 0.465 e. The Kier molecular flexibility index (Phi) is 9.26. The zero-order valence-corrected chi connectivity index (χ0v) is 26.8. The molecule has 0 amide bonds. The molecule has 1 aromatic heterocycles. The van der Waals surface area contributed by atoms with E-state index >= 15 is 8.78 Å². The van der Waals surface area contributed by atoms with Crippen LogP contribution in [0.25, 0.3) is 33.3 Å². The molecule has 0 saturated heterocycles. The zero-order chi connectivity index (χ0) is 32.3. The number of methoxy groups -OCH3 is 1. The van der Waals surface area contributed by atoms with Crippen LogP contribution in [0.4, 0.5) is 8.78 Å². The summed E-state index contributed by atoms with van der Waals surface area (Å²) in [4.78, 5) is 27.7. The lowest BCUT2D eigenvalue weighted by molar-refractivity contribution is 0.0599. The van der Waals surface area contributed by atoms with Gasteiger partial charge in [-0.15, -0.1) is 0 Å². The van der Waals surface area contributed by atoms with E-state index in [1.54, 1.807) is 55.5 Å². The summed E-state index contributed by atoms with van der Waals surface area (Å²) < 4.78 is 50.3. The number of hydrogen-bond donors (Lipinski definition) is 0. The summed E-state index contributed by atoms with van der Waals surface area (Å²) in [5, 5.41) is 0. The monoisotopic (exact) mass is 628 g/mol. The van der Waals surface area contributed by atoms with Gasteiger partial charge in [0.15, 0.2) is 5.82 Å². The standard InChI is InChI=1S/C35H34F2N2O5Si/c1-22-6-15-27(18-28(22)34(41)42-2)44-35-38-33-30(39(35)21-43-16-17-45(3,4)5)19-29(36)31(32(33)37)26-13-11-25(12-14-26)24-9-7-23(20-40)8-10-24/h6-15,18-20H,16-17,21H2,1-5H3. The van der Waals surface area contributed by atoms with Gasteiger partial charge in [-0.1, -0.05) is 74.2 Å². The predicted octanol–water partition coefficient (Wildman–Crippen LogP) is 8.66. The maximum absolute atomic E-state index is 16.2. The van der Waals surface area contributed by atoms with E-state index in [0.29, 0.717) is 28.9 Å². The van der Waals surface area contributed by atoms with E-state index in [4.69, 9.17) is 14.2 Å². The second-order valence-corrected chi connectivity index (χ2v) is 17.6. The summed E-state index contributed by atoms with van der Waals surface area (Å²) in [6, 6.07) is 20.9. The summed E-state index contributed by atoms with van der Waals surface area (Å²) in [5.41, 5.74) is 3.47. The molecule has 232 valence electrons. The Bertz CT molecular complexity index is 1860. The molecule has 0 N–H and O–H groups in total. The number of fused-ring (bicyclic) bond motifs is 1. The summed E-state index contributed by atoms with van der Waals surface area (Å²) in [6.07, 6.45) is 0.770. The molecule has 0 atom stereocenters. The number of aldehydes is 1. The highest BCUT2D eigenvalue weighted by Gasteiger charge is 2.24. The Balaban J connectivity index is 1.54. The molecular weight excluding hydrogens is 594 g/mol. The summed E-state index contributed by atoms with van der Waals surface area (Å²) in [6.45, 7) is 8.90. The van der Waals surface area contributed by atoms with E-state index in [0.717, 1.165) is 23.5 Å². The van der Waals surface area contributed by atoms with Crippen molar-refractivity contribution < 1.29 is 32.6 Å². The molecule has 1 heterocycles. The molecule has 0 aliphatic heterocycles. The van der Waals surface area contributed by atoms with E-state index < -0.39 is 25.7 Å². The number of imidazole rings is 1. The van der Waals surface area contributed by atoms with Gasteiger partial charge in [-0.05, 0) is 47.4 Å². The van der Waals surface area contributed by atoms with E-state index in [9.17, 15) is 9.59 Å². The molecule has 0 aliphatic rings. The maximum Gasteiger partial charge on any atom is 0.338 e. The summed E-state index contributed by atoms with van der Waals surface area (Å²) in [7, 11) is -0.0930. The zero-order valence-electron chi connectivity index (χ0n) is 25.8. The summed E-state index contributed by atoms with van der Waals surface area (Å²) >= 11 is 0. The van der Waals surface area contributed by atoms with Crippen molar-refractivity contribution >= 4 is 31.4 Å². The Morgan fingerprint density at radius 2 is 1.58 bits per heavy atom. The smallest absolute Gasteiger partial charge is 0.338 e. The van der Waals surface area contributed by atoms with E-state index in [-0.39, 0.29) is 35.1 Å². The maximum atomic E-state index is 16.2. The number of benzene rings is 4. The third-order valence-corrected chi connectivity index (χ3v) is 9.20. The average molecular weight is 629 g/mol. The predicted molar refractivity (Wildman–Crippen MR) is 173 cm³/mol. The van der Waals surface area contributed by atoms with Crippen LogP contribution >= 0.6 is 0 Å². The van der Waals surface area contributed by atoms with Gasteiger partial charge >= 0.3 is 12.0 Å². The van der Waals surface area contributed by atoms with Crippen molar-refractivity contribution in [1.82, 2.24) is 9.55 Å². The first kappa shape index (κ1) is 31.7. The Morgan fingerprint density at radius 1 is 0.933 bits per heavy atom. The number of rotatable bonds is 11. The van der Waals surface area contributed by atoms with Crippen LogP contribution in [0.2, 0.25) is 25.7 Å². The minimum absolute atomic E-state index is 0.0118. The van der Waals surface area contributed by atoms with Crippen molar-refractivity contribution in [3.8, 4) is 34.0 Å². The lowest BCUT2D eigenvalue weighted by atomic mass is 9.98. The minimum Gasteiger partial charge on any atom is -0.465 e. The van der Waals surface area contributed by atoms with Crippen LogP contribution in [0, 0.1) is 18.6 Å². The highest BCUT2D eigenvalue weighted by atomic mass is 28.3. The number of hydrogen-bond acceptors (Lipinski definition) is 6. The van der Waals surface area contributed by atoms with Crippen molar-refractivity contribution in [2.75, 3.05) is 13.7 Å². The van der Waals surface area contributed by atoms with Crippen LogP contribution in [-0.4, -0.2) is 43.6 Å². The van der Waals surface area contributed by atoms with E-state index in [1.165, 1.54) is 23.8 Å². The van der Waals surface area contributed by atoms with Gasteiger partial charge in [-0.3, -0.25) is 9.36 Å². The molecule has 0 bridgehead atoms. The topological polar surface area (TPSA) is 79.7 Å². The Hall–Kier alpha value is -4.67. The van der Waals surface area contributed by atoms with Crippen molar-refractivity contribution in [1.29, 1.82) is 0 Å². The lowest BCUT2D eigenvalue weighted by Gasteiger charge is -2.16. The van der Waals surface area contributed by atoms with Crippen LogP contribution in [0.5, 0.6) is 11.8 Å². The van der Waals surface area contributed by atoms with Gasteiger partial charge in [0.2, 0.25) is 0 Å².